The largest absolute Gasteiger partial charge is 0.497 e. The van der Waals surface area contributed by atoms with Crippen molar-refractivity contribution in [2.45, 2.75) is 39.4 Å². The SMILES string of the molecule is CC.COc1ccc(C(C)N/C(=C\C(=O)N2CCN(C(=N)C(F)(F)F)C(=N)C2)Cc2cc(F)c(F)cc2F)cc1. The van der Waals surface area contributed by atoms with Gasteiger partial charge in [-0.2, -0.15) is 13.2 Å². The van der Waals surface area contributed by atoms with Crippen molar-refractivity contribution >= 4 is 17.6 Å². The first kappa shape index (κ1) is 32.2. The summed E-state index contributed by atoms with van der Waals surface area (Å²) in [6.45, 7) is 4.63. The molecule has 0 aromatic heterocycles. The number of methoxy groups -OCH3 is 1. The van der Waals surface area contributed by atoms with E-state index in [1.54, 1.807) is 31.2 Å². The molecule has 1 atom stereocenters. The summed E-state index contributed by atoms with van der Waals surface area (Å²) in [5.41, 5.74) is 0.657. The summed E-state index contributed by atoms with van der Waals surface area (Å²) >= 11 is 0. The van der Waals surface area contributed by atoms with Gasteiger partial charge in [-0.05, 0) is 36.2 Å². The van der Waals surface area contributed by atoms with Crippen LogP contribution in [0.5, 0.6) is 5.75 Å². The molecule has 1 heterocycles. The van der Waals surface area contributed by atoms with Gasteiger partial charge in [0.2, 0.25) is 11.7 Å². The Balaban J connectivity index is 0.00000274. The monoisotopic (exact) mass is 571 g/mol. The molecule has 1 fully saturated rings. The first-order valence-electron chi connectivity index (χ1n) is 12.3. The van der Waals surface area contributed by atoms with Crippen molar-refractivity contribution in [3.05, 3.63) is 76.7 Å². The molecular formula is C27H31F6N5O2. The number of carbonyl (C=O) groups is 1. The van der Waals surface area contributed by atoms with Crippen molar-refractivity contribution in [3.8, 4) is 5.75 Å². The van der Waals surface area contributed by atoms with Gasteiger partial charge in [0.1, 0.15) is 17.4 Å². The lowest BCUT2D eigenvalue weighted by Crippen LogP contribution is -2.56. The standard InChI is InChI=1S/C25H25F6N5O2.C2H6/c1-14(15-3-5-18(38-2)6-4-15)34-17(9-16-10-20(27)21(28)12-19(16)26)11-23(37)35-7-8-36(22(32)13-35)24(33)25(29,30)31;1-2/h3-6,10-12,14,32-34H,7-9,13H2,1-2H3;1-2H3/b17-11-,32-22?,33-24?;. The van der Waals surface area contributed by atoms with E-state index in [4.69, 9.17) is 15.6 Å². The zero-order valence-corrected chi connectivity index (χ0v) is 22.4. The van der Waals surface area contributed by atoms with Gasteiger partial charge in [-0.15, -0.1) is 0 Å². The van der Waals surface area contributed by atoms with Crippen LogP contribution in [0.2, 0.25) is 0 Å². The number of allylic oxidation sites excluding steroid dienone is 1. The highest BCUT2D eigenvalue weighted by molar-refractivity contribution is 6.03. The first-order valence-corrected chi connectivity index (χ1v) is 12.3. The number of hydrogen-bond donors (Lipinski definition) is 3. The first-order chi connectivity index (χ1) is 18.8. The Morgan fingerprint density at radius 1 is 1.07 bits per heavy atom. The van der Waals surface area contributed by atoms with Gasteiger partial charge in [-0.1, -0.05) is 26.0 Å². The van der Waals surface area contributed by atoms with Crippen LogP contribution in [0.15, 0.2) is 48.2 Å². The lowest BCUT2D eigenvalue weighted by Gasteiger charge is -2.36. The topological polar surface area (TPSA) is 92.5 Å². The van der Waals surface area contributed by atoms with Crippen LogP contribution in [0.1, 0.15) is 37.9 Å². The average molecular weight is 572 g/mol. The number of benzene rings is 2. The van der Waals surface area contributed by atoms with Crippen molar-refractivity contribution in [3.63, 3.8) is 0 Å². The Morgan fingerprint density at radius 2 is 1.68 bits per heavy atom. The lowest BCUT2D eigenvalue weighted by molar-refractivity contribution is -0.126. The van der Waals surface area contributed by atoms with Crippen molar-refractivity contribution in [2.75, 3.05) is 26.7 Å². The Bertz CT molecular complexity index is 1250. The smallest absolute Gasteiger partial charge is 0.449 e. The highest BCUT2D eigenvalue weighted by Gasteiger charge is 2.41. The second-order valence-electron chi connectivity index (χ2n) is 8.55. The quantitative estimate of drug-likeness (QED) is 0.133. The number of amidine groups is 2. The Kier molecular flexibility index (Phi) is 11.1. The third-order valence-corrected chi connectivity index (χ3v) is 5.90. The van der Waals surface area contributed by atoms with E-state index in [0.29, 0.717) is 22.8 Å². The molecule has 40 heavy (non-hydrogen) atoms. The summed E-state index contributed by atoms with van der Waals surface area (Å²) in [6.07, 6.45) is -4.19. The Morgan fingerprint density at radius 3 is 2.23 bits per heavy atom. The van der Waals surface area contributed by atoms with E-state index < -0.39 is 60.3 Å². The van der Waals surface area contributed by atoms with Gasteiger partial charge in [-0.25, -0.2) is 13.2 Å². The number of alkyl halides is 3. The van der Waals surface area contributed by atoms with Gasteiger partial charge in [0, 0.05) is 43.4 Å². The summed E-state index contributed by atoms with van der Waals surface area (Å²) in [6, 6.07) is 7.57. The molecule has 0 aliphatic carbocycles. The normalized spacial score (nSPS) is 14.8. The van der Waals surface area contributed by atoms with Gasteiger partial charge < -0.3 is 19.9 Å². The number of halogens is 6. The average Bonchev–Trinajstić information content (AvgIpc) is 2.91. The Labute approximate surface area is 228 Å². The lowest BCUT2D eigenvalue weighted by atomic mass is 10.0. The van der Waals surface area contributed by atoms with Gasteiger partial charge in [-0.3, -0.25) is 15.6 Å². The minimum atomic E-state index is -4.94. The molecule has 0 radical (unpaired) electrons. The van der Waals surface area contributed by atoms with E-state index >= 15 is 0 Å². The van der Waals surface area contributed by atoms with Crippen molar-refractivity contribution in [1.29, 1.82) is 10.8 Å². The molecule has 7 nitrogen and oxygen atoms in total. The van der Waals surface area contributed by atoms with Crippen LogP contribution in [0, 0.1) is 28.3 Å². The van der Waals surface area contributed by atoms with E-state index in [0.717, 1.165) is 16.5 Å². The molecular weight excluding hydrogens is 540 g/mol. The van der Waals surface area contributed by atoms with Gasteiger partial charge in [0.25, 0.3) is 0 Å². The molecule has 1 saturated heterocycles. The molecule has 218 valence electrons. The number of piperazine rings is 1. The highest BCUT2D eigenvalue weighted by Crippen LogP contribution is 2.23. The third-order valence-electron chi connectivity index (χ3n) is 5.90. The third kappa shape index (κ3) is 8.23. The fourth-order valence-electron chi connectivity index (χ4n) is 3.83. The predicted octanol–water partition coefficient (Wildman–Crippen LogP) is 5.58. The summed E-state index contributed by atoms with van der Waals surface area (Å²) in [7, 11) is 1.50. The minimum Gasteiger partial charge on any atom is -0.497 e. The van der Waals surface area contributed by atoms with Crippen molar-refractivity contribution in [2.24, 2.45) is 0 Å². The van der Waals surface area contributed by atoms with Crippen molar-refractivity contribution in [1.82, 2.24) is 15.1 Å². The fraction of sp³-hybridized carbons (Fsp3) is 0.370. The fourth-order valence-corrected chi connectivity index (χ4v) is 3.83. The van der Waals surface area contributed by atoms with E-state index in [2.05, 4.69) is 5.32 Å². The molecule has 3 rings (SSSR count). The molecule has 13 heteroatoms. The molecule has 0 spiro atoms. The van der Waals surface area contributed by atoms with E-state index in [1.807, 2.05) is 13.8 Å². The Hall–Kier alpha value is -4.03. The molecule has 2 aromatic carbocycles. The zero-order chi connectivity index (χ0) is 30.2. The summed E-state index contributed by atoms with van der Waals surface area (Å²) in [5, 5.41) is 18.2. The number of rotatable bonds is 7. The number of hydrogen-bond acceptors (Lipinski definition) is 5. The molecule has 1 amide bonds. The number of amides is 1. The van der Waals surface area contributed by atoms with E-state index in [-0.39, 0.29) is 24.2 Å². The summed E-state index contributed by atoms with van der Waals surface area (Å²) < 4.78 is 85.4. The maximum atomic E-state index is 14.4. The van der Waals surface area contributed by atoms with Crippen LogP contribution in [-0.4, -0.2) is 60.3 Å². The maximum Gasteiger partial charge on any atom is 0.449 e. The molecule has 1 unspecified atom stereocenters. The highest BCUT2D eigenvalue weighted by atomic mass is 19.4. The zero-order valence-electron chi connectivity index (χ0n) is 22.4. The molecule has 0 bridgehead atoms. The second kappa shape index (κ2) is 13.9. The summed E-state index contributed by atoms with van der Waals surface area (Å²) in [5.74, 6) is -6.04. The molecule has 3 N–H and O–H groups in total. The number of nitrogens with one attached hydrogen (secondary N) is 3. The molecule has 2 aromatic rings. The maximum absolute atomic E-state index is 14.4. The van der Waals surface area contributed by atoms with Gasteiger partial charge in [0.05, 0.1) is 13.7 Å². The van der Waals surface area contributed by atoms with Crippen LogP contribution in [0.25, 0.3) is 0 Å². The predicted molar refractivity (Wildman–Crippen MR) is 139 cm³/mol. The number of ether oxygens (including phenoxy) is 1. The van der Waals surface area contributed by atoms with Crippen molar-refractivity contribution < 1.29 is 35.9 Å². The van der Waals surface area contributed by atoms with Crippen LogP contribution < -0.4 is 10.1 Å². The van der Waals surface area contributed by atoms with Crippen LogP contribution in [0.3, 0.4) is 0 Å². The number of nitrogens with zero attached hydrogens (tertiary/aromatic N) is 2. The van der Waals surface area contributed by atoms with Crippen LogP contribution in [0.4, 0.5) is 26.3 Å². The molecule has 1 aliphatic rings. The van der Waals surface area contributed by atoms with Gasteiger partial charge in [0.15, 0.2) is 11.6 Å². The molecule has 1 aliphatic heterocycles. The molecule has 0 saturated carbocycles. The van der Waals surface area contributed by atoms with Gasteiger partial charge >= 0.3 is 6.18 Å². The second-order valence-corrected chi connectivity index (χ2v) is 8.55. The van der Waals surface area contributed by atoms with E-state index in [1.165, 1.54) is 7.11 Å². The summed E-state index contributed by atoms with van der Waals surface area (Å²) in [4.78, 5) is 14.6. The van der Waals surface area contributed by atoms with Crippen LogP contribution >= 0.6 is 0 Å². The van der Waals surface area contributed by atoms with Crippen LogP contribution in [-0.2, 0) is 11.2 Å². The van der Waals surface area contributed by atoms with E-state index in [9.17, 15) is 31.1 Å². The minimum absolute atomic E-state index is 0.125. The number of carbonyl (C=O) groups excluding carboxylic acids is 1.